The summed E-state index contributed by atoms with van der Waals surface area (Å²) in [5, 5.41) is 6.76. The minimum Gasteiger partial charge on any atom is -0.457 e. The molecule has 0 aliphatic carbocycles. The van der Waals surface area contributed by atoms with Gasteiger partial charge < -0.3 is 14.9 Å². The van der Waals surface area contributed by atoms with Crippen molar-refractivity contribution in [3.05, 3.63) is 17.8 Å². The first kappa shape index (κ1) is 7.59. The predicted molar refractivity (Wildman–Crippen MR) is 37.9 cm³/mol. The molecule has 0 bridgehead atoms. The van der Waals surface area contributed by atoms with Crippen LogP contribution in [-0.4, -0.2) is 11.0 Å². The van der Waals surface area contributed by atoms with Gasteiger partial charge in [0.05, 0.1) is 5.69 Å². The minimum atomic E-state index is -0.319. The van der Waals surface area contributed by atoms with Gasteiger partial charge in [-0.3, -0.25) is 5.41 Å². The number of nitrogens with zero attached hydrogens (tertiary/aromatic N) is 1. The van der Waals surface area contributed by atoms with E-state index in [4.69, 9.17) is 20.3 Å². The van der Waals surface area contributed by atoms with Crippen molar-refractivity contribution in [3.8, 4) is 0 Å². The van der Waals surface area contributed by atoms with Gasteiger partial charge in [0.2, 0.25) is 0 Å². The molecule has 3 N–H and O–H groups in total. The Bertz CT molecular complexity index is 256. The largest absolute Gasteiger partial charge is 0.457 e. The zero-order chi connectivity index (χ0) is 8.27. The lowest BCUT2D eigenvalue weighted by Crippen LogP contribution is -2.13. The van der Waals surface area contributed by atoms with E-state index in [-0.39, 0.29) is 12.6 Å². The first-order chi connectivity index (χ1) is 5.20. The first-order valence-corrected chi connectivity index (χ1v) is 3.06. The standard InChI is InChI=1S/C6H9N3O2/c1-4-5(11-3-9-4)2-10-6(7)8/h3H,2H2,1H3,(H3,7,8). The van der Waals surface area contributed by atoms with Crippen LogP contribution in [0.5, 0.6) is 0 Å². The van der Waals surface area contributed by atoms with Gasteiger partial charge in [0, 0.05) is 0 Å². The Morgan fingerprint density at radius 2 is 2.64 bits per heavy atom. The normalized spacial score (nSPS) is 9.55. The van der Waals surface area contributed by atoms with Gasteiger partial charge in [0.1, 0.15) is 0 Å². The van der Waals surface area contributed by atoms with Crippen LogP contribution in [0.4, 0.5) is 0 Å². The number of hydrogen-bond donors (Lipinski definition) is 2. The zero-order valence-electron chi connectivity index (χ0n) is 6.13. The van der Waals surface area contributed by atoms with Crippen LogP contribution in [-0.2, 0) is 11.3 Å². The SMILES string of the molecule is Cc1ncoc1COC(=N)N. The summed E-state index contributed by atoms with van der Waals surface area (Å²) in [5.74, 6) is 0.597. The molecule has 0 aromatic carbocycles. The molecule has 1 rings (SSSR count). The van der Waals surface area contributed by atoms with E-state index in [0.717, 1.165) is 5.69 Å². The van der Waals surface area contributed by atoms with E-state index in [2.05, 4.69) is 4.98 Å². The van der Waals surface area contributed by atoms with Crippen LogP contribution in [0.2, 0.25) is 0 Å². The van der Waals surface area contributed by atoms with Gasteiger partial charge in [-0.25, -0.2) is 4.98 Å². The molecule has 11 heavy (non-hydrogen) atoms. The Balaban J connectivity index is 2.51. The summed E-state index contributed by atoms with van der Waals surface area (Å²) in [6.45, 7) is 1.96. The van der Waals surface area contributed by atoms with Crippen molar-refractivity contribution in [1.82, 2.24) is 4.98 Å². The number of oxazole rings is 1. The molecular formula is C6H9N3O2. The Morgan fingerprint density at radius 1 is 1.91 bits per heavy atom. The molecule has 0 atom stereocenters. The molecule has 0 unspecified atom stereocenters. The Kier molecular flexibility index (Phi) is 2.10. The van der Waals surface area contributed by atoms with Crippen molar-refractivity contribution >= 4 is 6.02 Å². The molecule has 0 amide bonds. The highest BCUT2D eigenvalue weighted by molar-refractivity contribution is 5.67. The van der Waals surface area contributed by atoms with E-state index in [0.29, 0.717) is 5.76 Å². The Hall–Kier alpha value is -1.52. The highest BCUT2D eigenvalue weighted by Gasteiger charge is 2.03. The fourth-order valence-corrected chi connectivity index (χ4v) is 0.608. The van der Waals surface area contributed by atoms with E-state index in [9.17, 15) is 0 Å². The van der Waals surface area contributed by atoms with Crippen molar-refractivity contribution in [1.29, 1.82) is 5.41 Å². The van der Waals surface area contributed by atoms with Gasteiger partial charge >= 0.3 is 0 Å². The second kappa shape index (κ2) is 3.05. The summed E-state index contributed by atoms with van der Waals surface area (Å²) in [5.41, 5.74) is 5.71. The molecule has 1 aromatic heterocycles. The average Bonchev–Trinajstić information content (AvgIpc) is 2.31. The van der Waals surface area contributed by atoms with Crippen molar-refractivity contribution in [2.24, 2.45) is 5.73 Å². The van der Waals surface area contributed by atoms with Crippen LogP contribution in [0.1, 0.15) is 11.5 Å². The number of rotatable bonds is 2. The number of ether oxygens (including phenoxy) is 1. The number of hydrogen-bond acceptors (Lipinski definition) is 4. The smallest absolute Gasteiger partial charge is 0.279 e. The highest BCUT2D eigenvalue weighted by Crippen LogP contribution is 2.05. The molecule has 1 aromatic rings. The lowest BCUT2D eigenvalue weighted by Gasteiger charge is -1.99. The van der Waals surface area contributed by atoms with E-state index in [1.807, 2.05) is 0 Å². The van der Waals surface area contributed by atoms with E-state index >= 15 is 0 Å². The van der Waals surface area contributed by atoms with Crippen LogP contribution in [0.25, 0.3) is 0 Å². The first-order valence-electron chi connectivity index (χ1n) is 3.06. The summed E-state index contributed by atoms with van der Waals surface area (Å²) in [6.07, 6.45) is 1.33. The van der Waals surface area contributed by atoms with Gasteiger partial charge in [-0.05, 0) is 6.92 Å². The summed E-state index contributed by atoms with van der Waals surface area (Å²) >= 11 is 0. The fraction of sp³-hybridized carbons (Fsp3) is 0.333. The summed E-state index contributed by atoms with van der Waals surface area (Å²) in [7, 11) is 0. The molecule has 0 saturated heterocycles. The second-order valence-electron chi connectivity index (χ2n) is 2.01. The molecule has 60 valence electrons. The van der Waals surface area contributed by atoms with Crippen molar-refractivity contribution in [3.63, 3.8) is 0 Å². The van der Waals surface area contributed by atoms with Crippen LogP contribution in [0.15, 0.2) is 10.8 Å². The molecule has 0 fully saturated rings. The number of aromatic nitrogens is 1. The van der Waals surface area contributed by atoms with Gasteiger partial charge in [-0.1, -0.05) is 0 Å². The van der Waals surface area contributed by atoms with E-state index in [1.165, 1.54) is 6.39 Å². The molecule has 0 saturated carbocycles. The van der Waals surface area contributed by atoms with Crippen LogP contribution in [0.3, 0.4) is 0 Å². The summed E-state index contributed by atoms with van der Waals surface area (Å²) in [6, 6.07) is -0.319. The maximum Gasteiger partial charge on any atom is 0.279 e. The van der Waals surface area contributed by atoms with Gasteiger partial charge in [-0.15, -0.1) is 0 Å². The van der Waals surface area contributed by atoms with Crippen LogP contribution >= 0.6 is 0 Å². The molecule has 1 heterocycles. The zero-order valence-corrected chi connectivity index (χ0v) is 6.13. The van der Waals surface area contributed by atoms with Gasteiger partial charge in [-0.2, -0.15) is 0 Å². The number of amidine groups is 1. The second-order valence-corrected chi connectivity index (χ2v) is 2.01. The Labute approximate surface area is 63.7 Å². The van der Waals surface area contributed by atoms with E-state index < -0.39 is 0 Å². The maximum atomic E-state index is 6.76. The third-order valence-corrected chi connectivity index (χ3v) is 1.20. The maximum absolute atomic E-state index is 6.76. The number of nitrogens with two attached hydrogens (primary N) is 1. The highest BCUT2D eigenvalue weighted by atomic mass is 16.5. The predicted octanol–water partition coefficient (Wildman–Crippen LogP) is 0.393. The average molecular weight is 155 g/mol. The van der Waals surface area contributed by atoms with Gasteiger partial charge in [0.25, 0.3) is 6.02 Å². The van der Waals surface area contributed by atoms with E-state index in [1.54, 1.807) is 6.92 Å². The summed E-state index contributed by atoms with van der Waals surface area (Å²) < 4.78 is 9.62. The molecule has 0 radical (unpaired) electrons. The third kappa shape index (κ3) is 1.96. The number of nitrogens with one attached hydrogen (secondary N) is 1. The molecule has 5 heteroatoms. The van der Waals surface area contributed by atoms with Crippen LogP contribution < -0.4 is 5.73 Å². The molecule has 0 aliphatic rings. The van der Waals surface area contributed by atoms with Gasteiger partial charge in [0.15, 0.2) is 18.8 Å². The summed E-state index contributed by atoms with van der Waals surface area (Å²) in [4.78, 5) is 3.84. The lowest BCUT2D eigenvalue weighted by molar-refractivity contribution is 0.250. The minimum absolute atomic E-state index is 0.168. The monoisotopic (exact) mass is 155 g/mol. The number of aryl methyl sites for hydroxylation is 1. The quantitative estimate of drug-likeness (QED) is 0.478. The fourth-order valence-electron chi connectivity index (χ4n) is 0.608. The van der Waals surface area contributed by atoms with Crippen molar-refractivity contribution in [2.75, 3.05) is 0 Å². The topological polar surface area (TPSA) is 85.1 Å². The van der Waals surface area contributed by atoms with Crippen molar-refractivity contribution in [2.45, 2.75) is 13.5 Å². The van der Waals surface area contributed by atoms with Crippen molar-refractivity contribution < 1.29 is 9.15 Å². The third-order valence-electron chi connectivity index (χ3n) is 1.20. The lowest BCUT2D eigenvalue weighted by atomic mass is 10.4. The van der Waals surface area contributed by atoms with Crippen LogP contribution in [0, 0.1) is 12.3 Å². The molecule has 5 nitrogen and oxygen atoms in total. The molecular weight excluding hydrogens is 146 g/mol. The molecule has 0 aliphatic heterocycles. The Morgan fingerprint density at radius 3 is 3.09 bits per heavy atom. The molecule has 0 spiro atoms.